The average Bonchev–Trinajstić information content (AvgIpc) is 2.85. The molecule has 2 fully saturated rings. The molecule has 2 nitrogen and oxygen atoms in total. The van der Waals surface area contributed by atoms with E-state index in [1.807, 2.05) is 6.92 Å². The number of fused-ring (bicyclic) bond motifs is 5. The molecule has 4 aliphatic rings. The van der Waals surface area contributed by atoms with E-state index in [0.29, 0.717) is 11.3 Å². The van der Waals surface area contributed by atoms with Gasteiger partial charge in [0, 0.05) is 0 Å². The molecule has 0 spiro atoms. The highest BCUT2D eigenvalue weighted by Gasteiger charge is 2.56. The second kappa shape index (κ2) is 5.20. The van der Waals surface area contributed by atoms with Gasteiger partial charge in [-0.2, -0.15) is 0 Å². The van der Waals surface area contributed by atoms with Gasteiger partial charge in [-0.05, 0) is 86.0 Å². The molecule has 0 heterocycles. The van der Waals surface area contributed by atoms with Gasteiger partial charge in [-0.1, -0.05) is 31.6 Å². The third-order valence-electron chi connectivity index (χ3n) is 8.17. The highest BCUT2D eigenvalue weighted by molar-refractivity contribution is 5.31. The molecule has 128 valence electrons. The Hall–Kier alpha value is -0.600. The summed E-state index contributed by atoms with van der Waals surface area (Å²) in [6, 6.07) is 0. The molecule has 2 saturated carbocycles. The Morgan fingerprint density at radius 2 is 1.78 bits per heavy atom. The van der Waals surface area contributed by atoms with Crippen molar-refractivity contribution >= 4 is 0 Å². The highest BCUT2D eigenvalue weighted by Crippen LogP contribution is 2.65. The summed E-state index contributed by atoms with van der Waals surface area (Å²) < 4.78 is 0. The summed E-state index contributed by atoms with van der Waals surface area (Å²) in [5, 5.41) is 20.3. The van der Waals surface area contributed by atoms with Gasteiger partial charge >= 0.3 is 0 Å². The zero-order valence-electron chi connectivity index (χ0n) is 14.9. The Bertz CT molecular complexity index is 560. The van der Waals surface area contributed by atoms with Crippen LogP contribution < -0.4 is 0 Å². The van der Waals surface area contributed by atoms with E-state index >= 15 is 0 Å². The SMILES string of the molecule is C[C@H](O)C1=CC[C@@H]2[C@H]3CC=C4C[C@@H](O)CC[C@]4(C)[C@@H]3CC[C@]12C. The third-order valence-corrected chi connectivity index (χ3v) is 8.17. The number of rotatable bonds is 1. The fourth-order valence-electron chi connectivity index (χ4n) is 6.89. The molecule has 0 bridgehead atoms. The number of aliphatic hydroxyl groups is 2. The summed E-state index contributed by atoms with van der Waals surface area (Å²) in [6.07, 6.45) is 12.3. The van der Waals surface area contributed by atoms with Gasteiger partial charge in [-0.25, -0.2) is 0 Å². The van der Waals surface area contributed by atoms with E-state index in [-0.39, 0.29) is 17.6 Å². The van der Waals surface area contributed by atoms with E-state index in [1.54, 1.807) is 5.57 Å². The fraction of sp³-hybridized carbons (Fsp3) is 0.810. The Morgan fingerprint density at radius 1 is 1.04 bits per heavy atom. The normalized spacial score (nSPS) is 50.3. The van der Waals surface area contributed by atoms with Crippen molar-refractivity contribution < 1.29 is 10.2 Å². The first-order valence-corrected chi connectivity index (χ1v) is 9.62. The smallest absolute Gasteiger partial charge is 0.0727 e. The predicted octanol–water partition coefficient (Wildman–Crippen LogP) is 4.23. The zero-order chi connectivity index (χ0) is 16.4. The van der Waals surface area contributed by atoms with Crippen LogP contribution in [0.2, 0.25) is 0 Å². The molecule has 0 radical (unpaired) electrons. The van der Waals surface area contributed by atoms with E-state index in [4.69, 9.17) is 0 Å². The van der Waals surface area contributed by atoms with Gasteiger partial charge in [-0.15, -0.1) is 0 Å². The van der Waals surface area contributed by atoms with Gasteiger partial charge in [0.15, 0.2) is 0 Å². The molecule has 23 heavy (non-hydrogen) atoms. The van der Waals surface area contributed by atoms with Gasteiger partial charge in [0.05, 0.1) is 12.2 Å². The average molecular weight is 316 g/mol. The van der Waals surface area contributed by atoms with Crippen molar-refractivity contribution in [1.82, 2.24) is 0 Å². The number of hydrogen-bond acceptors (Lipinski definition) is 2. The van der Waals surface area contributed by atoms with Crippen molar-refractivity contribution in [2.45, 2.75) is 77.9 Å². The van der Waals surface area contributed by atoms with Gasteiger partial charge in [0.2, 0.25) is 0 Å². The van der Waals surface area contributed by atoms with E-state index < -0.39 is 0 Å². The lowest BCUT2D eigenvalue weighted by molar-refractivity contribution is -0.0339. The van der Waals surface area contributed by atoms with Crippen molar-refractivity contribution in [3.8, 4) is 0 Å². The van der Waals surface area contributed by atoms with E-state index in [1.165, 1.54) is 24.8 Å². The van der Waals surface area contributed by atoms with Crippen LogP contribution in [0.1, 0.15) is 65.7 Å². The molecular weight excluding hydrogens is 284 g/mol. The summed E-state index contributed by atoms with van der Waals surface area (Å²) in [4.78, 5) is 0. The minimum Gasteiger partial charge on any atom is -0.393 e. The van der Waals surface area contributed by atoms with E-state index in [0.717, 1.165) is 37.5 Å². The summed E-state index contributed by atoms with van der Waals surface area (Å²) in [6.45, 7) is 6.82. The maximum atomic E-state index is 10.2. The molecule has 0 aromatic carbocycles. The third kappa shape index (κ3) is 2.14. The lowest BCUT2D eigenvalue weighted by atomic mass is 9.47. The van der Waals surface area contributed by atoms with Gasteiger partial charge < -0.3 is 10.2 Å². The quantitative estimate of drug-likeness (QED) is 0.711. The molecule has 0 aromatic heterocycles. The van der Waals surface area contributed by atoms with Crippen LogP contribution >= 0.6 is 0 Å². The standard InChI is InChI=1S/C21H32O2/c1-13(22)17-6-7-18-16-5-4-14-12-15(23)8-10-20(14,2)19(16)9-11-21(17,18)3/h4,6,13,15-16,18-19,22-23H,5,7-12H2,1-3H3/t13-,15-,16+,18+,19+,20-,21+/m0/s1. The van der Waals surface area contributed by atoms with Crippen molar-refractivity contribution in [2.24, 2.45) is 28.6 Å². The van der Waals surface area contributed by atoms with Crippen molar-refractivity contribution in [2.75, 3.05) is 0 Å². The van der Waals surface area contributed by atoms with Crippen molar-refractivity contribution in [3.63, 3.8) is 0 Å². The first-order valence-electron chi connectivity index (χ1n) is 9.62. The first kappa shape index (κ1) is 15.9. The Morgan fingerprint density at radius 3 is 2.52 bits per heavy atom. The number of allylic oxidation sites excluding steroid dienone is 2. The van der Waals surface area contributed by atoms with Gasteiger partial charge in [0.1, 0.15) is 0 Å². The minimum atomic E-state index is -0.295. The molecule has 4 rings (SSSR count). The highest BCUT2D eigenvalue weighted by atomic mass is 16.3. The first-order chi connectivity index (χ1) is 10.9. The molecular formula is C21H32O2. The van der Waals surface area contributed by atoms with Crippen LogP contribution in [0.15, 0.2) is 23.3 Å². The van der Waals surface area contributed by atoms with Crippen LogP contribution in [0.25, 0.3) is 0 Å². The largest absolute Gasteiger partial charge is 0.393 e. The van der Waals surface area contributed by atoms with Crippen LogP contribution in [0, 0.1) is 28.6 Å². The zero-order valence-corrected chi connectivity index (χ0v) is 14.9. The summed E-state index contributed by atoms with van der Waals surface area (Å²) >= 11 is 0. The molecule has 2 N–H and O–H groups in total. The van der Waals surface area contributed by atoms with Crippen LogP contribution in [0.5, 0.6) is 0 Å². The molecule has 2 heteroatoms. The minimum absolute atomic E-state index is 0.116. The molecule has 0 saturated heterocycles. The van der Waals surface area contributed by atoms with Gasteiger partial charge in [-0.3, -0.25) is 0 Å². The molecule has 7 atom stereocenters. The predicted molar refractivity (Wildman–Crippen MR) is 92.9 cm³/mol. The topological polar surface area (TPSA) is 40.5 Å². The lowest BCUT2D eigenvalue weighted by Gasteiger charge is -2.58. The lowest BCUT2D eigenvalue weighted by Crippen LogP contribution is -2.50. The Kier molecular flexibility index (Phi) is 3.59. The second-order valence-electron chi connectivity index (χ2n) is 9.18. The Labute approximate surface area is 140 Å². The van der Waals surface area contributed by atoms with E-state index in [9.17, 15) is 10.2 Å². The molecule has 0 aliphatic heterocycles. The van der Waals surface area contributed by atoms with Crippen LogP contribution in [0.4, 0.5) is 0 Å². The summed E-state index contributed by atoms with van der Waals surface area (Å²) in [5.41, 5.74) is 3.38. The summed E-state index contributed by atoms with van der Waals surface area (Å²) in [7, 11) is 0. The Balaban J connectivity index is 1.66. The van der Waals surface area contributed by atoms with Crippen molar-refractivity contribution in [1.29, 1.82) is 0 Å². The number of aliphatic hydroxyl groups excluding tert-OH is 2. The van der Waals surface area contributed by atoms with Crippen LogP contribution in [0.3, 0.4) is 0 Å². The number of hydrogen-bond donors (Lipinski definition) is 2. The second-order valence-corrected chi connectivity index (χ2v) is 9.18. The monoisotopic (exact) mass is 316 g/mol. The van der Waals surface area contributed by atoms with Crippen molar-refractivity contribution in [3.05, 3.63) is 23.3 Å². The van der Waals surface area contributed by atoms with Crippen LogP contribution in [-0.4, -0.2) is 22.4 Å². The van der Waals surface area contributed by atoms with Gasteiger partial charge in [0.25, 0.3) is 0 Å². The van der Waals surface area contributed by atoms with Crippen LogP contribution in [-0.2, 0) is 0 Å². The molecule has 4 aliphatic carbocycles. The molecule has 0 unspecified atom stereocenters. The molecule has 0 amide bonds. The van der Waals surface area contributed by atoms with E-state index in [2.05, 4.69) is 26.0 Å². The maximum Gasteiger partial charge on any atom is 0.0727 e. The molecule has 0 aromatic rings. The summed E-state index contributed by atoms with van der Waals surface area (Å²) in [5.74, 6) is 2.23. The maximum absolute atomic E-state index is 10.2. The fourth-order valence-corrected chi connectivity index (χ4v) is 6.89.